The molecule has 4 aliphatic carbocycles. The van der Waals surface area contributed by atoms with Crippen molar-refractivity contribution in [3.05, 3.63) is 24.3 Å². The molecule has 6 fully saturated rings. The van der Waals surface area contributed by atoms with Crippen LogP contribution < -0.4 is 10.6 Å². The zero-order valence-electron chi connectivity index (χ0n) is 17.3. The molecular weight excluding hydrogens is 374 g/mol. The molecule has 28 heavy (non-hydrogen) atoms. The molecule has 2 heteroatoms. The van der Waals surface area contributed by atoms with E-state index >= 15 is 0 Å². The minimum absolute atomic E-state index is 0.122. The third kappa shape index (κ3) is 2.38. The predicted octanol–water partition coefficient (Wildman–Crippen LogP) is 6.60. The molecule has 4 saturated carbocycles. The van der Waals surface area contributed by atoms with Gasteiger partial charge in [0.2, 0.25) is 0 Å². The molecule has 2 heterocycles. The van der Waals surface area contributed by atoms with Crippen molar-refractivity contribution in [3.63, 3.8) is 0 Å². The van der Waals surface area contributed by atoms with Gasteiger partial charge in [-0.05, 0) is 108 Å². The smallest absolute Gasteiger partial charge is 0.0135 e. The fraction of sp³-hybridized carbons (Fsp3) is 0.769. The third-order valence-corrected chi connectivity index (χ3v) is 17.6. The zero-order valence-corrected chi connectivity index (χ0v) is 19.1. The average Bonchev–Trinajstić information content (AvgIpc) is 3.48. The van der Waals surface area contributed by atoms with Gasteiger partial charge in [-0.3, -0.25) is 0 Å². The number of rotatable bonds is 2. The summed E-state index contributed by atoms with van der Waals surface area (Å²) in [5.41, 5.74) is 4.45. The first-order valence-corrected chi connectivity index (χ1v) is 15.5. The lowest BCUT2D eigenvalue weighted by Gasteiger charge is -2.32. The fourth-order valence-electron chi connectivity index (χ4n) is 9.36. The lowest BCUT2D eigenvalue weighted by Crippen LogP contribution is -2.30. The Kier molecular flexibility index (Phi) is 4.30. The van der Waals surface area contributed by atoms with E-state index in [9.17, 15) is 0 Å². The van der Waals surface area contributed by atoms with Crippen LogP contribution in [0.4, 0.5) is 0 Å². The molecule has 3 unspecified atom stereocenters. The van der Waals surface area contributed by atoms with Gasteiger partial charge < -0.3 is 0 Å². The Balaban J connectivity index is 1.32. The molecule has 7 rings (SSSR count). The maximum absolute atomic E-state index is 2.67. The Bertz CT molecular complexity index is 656. The van der Waals surface area contributed by atoms with E-state index in [4.69, 9.17) is 0 Å². The molecule has 150 valence electrons. The molecule has 1 aromatic rings. The predicted molar refractivity (Wildman–Crippen MR) is 124 cm³/mol. The first kappa shape index (κ1) is 17.7. The topological polar surface area (TPSA) is 0 Å². The fourth-order valence-corrected chi connectivity index (χ4v) is 18.6. The van der Waals surface area contributed by atoms with E-state index < -0.39 is 0 Å². The van der Waals surface area contributed by atoms with Gasteiger partial charge in [-0.1, -0.05) is 65.8 Å². The Labute approximate surface area is 174 Å². The highest BCUT2D eigenvalue weighted by molar-refractivity contribution is 7.73. The summed E-state index contributed by atoms with van der Waals surface area (Å²) >= 11 is 0. The van der Waals surface area contributed by atoms with E-state index in [1.165, 1.54) is 0 Å². The number of hydrogen-bond acceptors (Lipinski definition) is 0. The highest BCUT2D eigenvalue weighted by Crippen LogP contribution is 2.72. The molecule has 0 spiro atoms. The molecule has 0 N–H and O–H groups in total. The van der Waals surface area contributed by atoms with E-state index in [0.29, 0.717) is 0 Å². The highest BCUT2D eigenvalue weighted by atomic mass is 31.1. The van der Waals surface area contributed by atoms with E-state index in [-0.39, 0.29) is 15.8 Å². The van der Waals surface area contributed by atoms with Gasteiger partial charge in [-0.15, -0.1) is 0 Å². The Morgan fingerprint density at radius 2 is 0.786 bits per heavy atom. The molecule has 0 amide bonds. The standard InChI is InChI=1S/C26H36P2/c1-2-12-26(28-23-15-5-9-19(23)20-10-6-16-24(20)28)25(11-1)27-21-13-3-7-17(21)18-8-4-14-22(18)27/h1-2,11-12,17-24H,3-10,13-16H2/t17-,18-,19-,20?,21-,22-,23-,24?,28?/m1/s1. The van der Waals surface area contributed by atoms with Gasteiger partial charge in [-0.25, -0.2) is 0 Å². The second-order valence-corrected chi connectivity index (χ2v) is 16.2. The van der Waals surface area contributed by atoms with Crippen LogP contribution in [0.1, 0.15) is 77.0 Å². The molecule has 0 aromatic heterocycles. The maximum atomic E-state index is 2.67. The number of benzene rings is 1. The van der Waals surface area contributed by atoms with Gasteiger partial charge in [-0.2, -0.15) is 0 Å². The first-order chi connectivity index (χ1) is 13.9. The second kappa shape index (κ2) is 6.79. The van der Waals surface area contributed by atoms with Crippen LogP contribution in [0.2, 0.25) is 0 Å². The van der Waals surface area contributed by atoms with Crippen LogP contribution in [-0.4, -0.2) is 22.6 Å². The van der Waals surface area contributed by atoms with Gasteiger partial charge in [0.1, 0.15) is 0 Å². The van der Waals surface area contributed by atoms with Crippen LogP contribution in [-0.2, 0) is 0 Å². The summed E-state index contributed by atoms with van der Waals surface area (Å²) in [6, 6.07) is 10.2. The lowest BCUT2D eigenvalue weighted by atomic mass is 9.90. The van der Waals surface area contributed by atoms with Crippen LogP contribution in [0.5, 0.6) is 0 Å². The van der Waals surface area contributed by atoms with Crippen LogP contribution in [0.25, 0.3) is 0 Å². The summed E-state index contributed by atoms with van der Waals surface area (Å²) in [5.74, 6) is 4.51. The van der Waals surface area contributed by atoms with E-state index in [1.807, 2.05) is 10.6 Å². The van der Waals surface area contributed by atoms with Gasteiger partial charge in [0.05, 0.1) is 0 Å². The van der Waals surface area contributed by atoms with Gasteiger partial charge in [0, 0.05) is 0 Å². The Hall–Kier alpha value is 0.0800. The van der Waals surface area contributed by atoms with Gasteiger partial charge in [0.15, 0.2) is 0 Å². The SMILES string of the molecule is c1ccc(P2[C@@H]3CCC[C@@H]3[C@H]3CCC[C@H]32)c(P2C3CCCC3[C@H]3CCC[C@H]32)c1. The van der Waals surface area contributed by atoms with Gasteiger partial charge >= 0.3 is 0 Å². The molecule has 0 nitrogen and oxygen atoms in total. The molecule has 9 atom stereocenters. The van der Waals surface area contributed by atoms with Crippen molar-refractivity contribution < 1.29 is 0 Å². The van der Waals surface area contributed by atoms with Crippen LogP contribution in [0.15, 0.2) is 24.3 Å². The van der Waals surface area contributed by atoms with E-state index in [0.717, 1.165) is 46.3 Å². The normalized spacial score (nSPS) is 51.3. The molecule has 0 radical (unpaired) electrons. The lowest BCUT2D eigenvalue weighted by molar-refractivity contribution is 0.384. The summed E-state index contributed by atoms with van der Waals surface area (Å²) in [4.78, 5) is 0. The Morgan fingerprint density at radius 1 is 0.464 bits per heavy atom. The number of hydrogen-bond donors (Lipinski definition) is 0. The molecule has 6 aliphatic rings. The second-order valence-electron chi connectivity index (χ2n) is 11.0. The number of fused-ring (bicyclic) bond motifs is 6. The summed E-state index contributed by atoms with van der Waals surface area (Å²) in [5, 5.41) is 3.93. The van der Waals surface area contributed by atoms with E-state index in [1.54, 1.807) is 77.0 Å². The van der Waals surface area contributed by atoms with Crippen molar-refractivity contribution in [2.75, 3.05) is 0 Å². The summed E-state index contributed by atoms with van der Waals surface area (Å²) in [6.07, 6.45) is 18.8. The maximum Gasteiger partial charge on any atom is -0.0135 e. The molecule has 0 bridgehead atoms. The first-order valence-electron chi connectivity index (χ1n) is 12.6. The summed E-state index contributed by atoms with van der Waals surface area (Å²) in [7, 11) is 0.245. The van der Waals surface area contributed by atoms with Crippen molar-refractivity contribution in [1.82, 2.24) is 0 Å². The molecule has 2 aliphatic heterocycles. The largest absolute Gasteiger partial charge is 0.0677 e. The zero-order chi connectivity index (χ0) is 18.2. The minimum atomic E-state index is 0.122. The van der Waals surface area contributed by atoms with Crippen molar-refractivity contribution in [3.8, 4) is 0 Å². The molecule has 1 aromatic carbocycles. The molecule has 2 saturated heterocycles. The quantitative estimate of drug-likeness (QED) is 0.482. The van der Waals surface area contributed by atoms with Crippen molar-refractivity contribution in [1.29, 1.82) is 0 Å². The van der Waals surface area contributed by atoms with Crippen molar-refractivity contribution in [2.45, 2.75) is 99.7 Å². The highest BCUT2D eigenvalue weighted by Gasteiger charge is 2.57. The minimum Gasteiger partial charge on any atom is -0.0677 e. The van der Waals surface area contributed by atoms with E-state index in [2.05, 4.69) is 24.3 Å². The van der Waals surface area contributed by atoms with Crippen LogP contribution in [0, 0.1) is 23.7 Å². The summed E-state index contributed by atoms with van der Waals surface area (Å²) < 4.78 is 0. The third-order valence-electron chi connectivity index (χ3n) is 10.1. The summed E-state index contributed by atoms with van der Waals surface area (Å²) in [6.45, 7) is 0. The van der Waals surface area contributed by atoms with Crippen molar-refractivity contribution >= 4 is 26.5 Å². The monoisotopic (exact) mass is 410 g/mol. The Morgan fingerprint density at radius 3 is 1.11 bits per heavy atom. The van der Waals surface area contributed by atoms with Crippen molar-refractivity contribution in [2.24, 2.45) is 23.7 Å². The van der Waals surface area contributed by atoms with Crippen LogP contribution in [0.3, 0.4) is 0 Å². The van der Waals surface area contributed by atoms with Gasteiger partial charge in [0.25, 0.3) is 0 Å². The van der Waals surface area contributed by atoms with Crippen LogP contribution >= 0.6 is 15.8 Å². The average molecular weight is 411 g/mol. The molecular formula is C26H36P2.